The first-order valence-electron chi connectivity index (χ1n) is 3.81. The predicted molar refractivity (Wildman–Crippen MR) is 50.8 cm³/mol. The van der Waals surface area contributed by atoms with E-state index in [0.717, 1.165) is 0 Å². The average molecular weight is 161 g/mol. The Balaban J connectivity index is 3.81. The minimum Gasteiger partial charge on any atom is -0.306 e. The van der Waals surface area contributed by atoms with E-state index in [2.05, 4.69) is 52.4 Å². The summed E-state index contributed by atoms with van der Waals surface area (Å²) >= 11 is 4.52. The van der Waals surface area contributed by atoms with Gasteiger partial charge in [0, 0.05) is 11.3 Å². The van der Waals surface area contributed by atoms with Gasteiger partial charge in [-0.1, -0.05) is 13.8 Å². The van der Waals surface area contributed by atoms with Crippen molar-refractivity contribution in [3.8, 4) is 0 Å². The average Bonchev–Trinajstić information content (AvgIpc) is 1.84. The molecule has 0 aliphatic heterocycles. The molecule has 2 unspecified atom stereocenters. The van der Waals surface area contributed by atoms with Crippen LogP contribution in [0.15, 0.2) is 0 Å². The van der Waals surface area contributed by atoms with E-state index in [1.54, 1.807) is 0 Å². The summed E-state index contributed by atoms with van der Waals surface area (Å²) in [6.07, 6.45) is 0. The molecule has 10 heavy (non-hydrogen) atoms. The van der Waals surface area contributed by atoms with Crippen molar-refractivity contribution in [3.63, 3.8) is 0 Å². The first-order chi connectivity index (χ1) is 4.46. The van der Waals surface area contributed by atoms with E-state index in [1.165, 1.54) is 0 Å². The fourth-order valence-corrected chi connectivity index (χ4v) is 1.13. The van der Waals surface area contributed by atoms with Gasteiger partial charge in [0.25, 0.3) is 0 Å². The lowest BCUT2D eigenvalue weighted by atomic mass is 10.0. The molecule has 0 aliphatic carbocycles. The van der Waals surface area contributed by atoms with Crippen molar-refractivity contribution in [2.75, 3.05) is 14.1 Å². The summed E-state index contributed by atoms with van der Waals surface area (Å²) in [5.41, 5.74) is 0. The van der Waals surface area contributed by atoms with Gasteiger partial charge in [0.15, 0.2) is 0 Å². The molecule has 0 saturated heterocycles. The molecule has 0 rings (SSSR count). The van der Waals surface area contributed by atoms with Crippen molar-refractivity contribution in [1.29, 1.82) is 0 Å². The van der Waals surface area contributed by atoms with E-state index in [0.29, 0.717) is 17.2 Å². The molecular formula is C8H19NS. The van der Waals surface area contributed by atoms with Crippen molar-refractivity contribution >= 4 is 12.6 Å². The number of thiol groups is 1. The molecule has 0 N–H and O–H groups in total. The lowest BCUT2D eigenvalue weighted by molar-refractivity contribution is 0.283. The number of hydrogen-bond acceptors (Lipinski definition) is 2. The van der Waals surface area contributed by atoms with Crippen molar-refractivity contribution in [2.45, 2.75) is 32.1 Å². The largest absolute Gasteiger partial charge is 0.306 e. The number of nitrogens with zero attached hydrogens (tertiary/aromatic N) is 1. The van der Waals surface area contributed by atoms with Gasteiger partial charge in [0.2, 0.25) is 0 Å². The second kappa shape index (κ2) is 4.24. The smallest absolute Gasteiger partial charge is 0.0193 e. The van der Waals surface area contributed by atoms with Gasteiger partial charge in [-0.05, 0) is 26.9 Å². The zero-order valence-electron chi connectivity index (χ0n) is 7.63. The van der Waals surface area contributed by atoms with Gasteiger partial charge < -0.3 is 4.90 Å². The fraction of sp³-hybridized carbons (Fsp3) is 1.00. The van der Waals surface area contributed by atoms with Gasteiger partial charge >= 0.3 is 0 Å². The predicted octanol–water partition coefficient (Wildman–Crippen LogP) is 1.89. The molecule has 0 aromatic rings. The van der Waals surface area contributed by atoms with Crippen LogP contribution in [0.1, 0.15) is 20.8 Å². The Morgan fingerprint density at radius 2 is 1.50 bits per heavy atom. The topological polar surface area (TPSA) is 3.24 Å². The van der Waals surface area contributed by atoms with Gasteiger partial charge in [0.05, 0.1) is 0 Å². The molecule has 0 bridgehead atoms. The Morgan fingerprint density at radius 1 is 1.10 bits per heavy atom. The Bertz CT molecular complexity index is 79.3. The Labute approximate surface area is 70.2 Å². The summed E-state index contributed by atoms with van der Waals surface area (Å²) in [7, 11) is 4.19. The van der Waals surface area contributed by atoms with Gasteiger partial charge in [-0.25, -0.2) is 0 Å². The third-order valence-electron chi connectivity index (χ3n) is 1.99. The standard InChI is InChI=1S/C8H19NS/c1-6(2)8(10)7(3)9(4)5/h6-8,10H,1-5H3. The van der Waals surface area contributed by atoms with E-state index < -0.39 is 0 Å². The van der Waals surface area contributed by atoms with Gasteiger partial charge in [0.1, 0.15) is 0 Å². The molecule has 2 heteroatoms. The lowest BCUT2D eigenvalue weighted by Crippen LogP contribution is -2.36. The molecule has 1 nitrogen and oxygen atoms in total. The summed E-state index contributed by atoms with van der Waals surface area (Å²) in [5.74, 6) is 0.653. The molecule has 0 aromatic heterocycles. The Morgan fingerprint density at radius 3 is 1.60 bits per heavy atom. The maximum Gasteiger partial charge on any atom is 0.0193 e. The third kappa shape index (κ3) is 2.93. The first kappa shape index (κ1) is 10.3. The molecule has 2 atom stereocenters. The van der Waals surface area contributed by atoms with Crippen LogP contribution >= 0.6 is 12.6 Å². The maximum absolute atomic E-state index is 4.52. The summed E-state index contributed by atoms with van der Waals surface area (Å²) in [5, 5.41) is 0.481. The van der Waals surface area contributed by atoms with Crippen molar-refractivity contribution < 1.29 is 0 Å². The summed E-state index contributed by atoms with van der Waals surface area (Å²) < 4.78 is 0. The van der Waals surface area contributed by atoms with E-state index >= 15 is 0 Å². The number of hydrogen-bond donors (Lipinski definition) is 1. The SMILES string of the molecule is CC(C)C(S)C(C)N(C)C. The van der Waals surface area contributed by atoms with Crippen LogP contribution in [0.3, 0.4) is 0 Å². The van der Waals surface area contributed by atoms with Crippen LogP contribution in [-0.4, -0.2) is 30.3 Å². The highest BCUT2D eigenvalue weighted by Gasteiger charge is 2.17. The quantitative estimate of drug-likeness (QED) is 0.619. The van der Waals surface area contributed by atoms with Crippen molar-refractivity contribution in [3.05, 3.63) is 0 Å². The molecule has 0 radical (unpaired) electrons. The Kier molecular flexibility index (Phi) is 4.37. The molecule has 0 amide bonds. The van der Waals surface area contributed by atoms with Crippen LogP contribution in [0, 0.1) is 5.92 Å². The molecule has 0 fully saturated rings. The molecule has 62 valence electrons. The second-order valence-electron chi connectivity index (χ2n) is 3.44. The first-order valence-corrected chi connectivity index (χ1v) is 4.33. The minimum atomic E-state index is 0.481. The zero-order valence-corrected chi connectivity index (χ0v) is 8.52. The molecule has 0 aromatic carbocycles. The number of rotatable bonds is 3. The molecule has 0 saturated carbocycles. The van der Waals surface area contributed by atoms with Crippen LogP contribution in [0.2, 0.25) is 0 Å². The molecule has 0 aliphatic rings. The highest BCUT2D eigenvalue weighted by Crippen LogP contribution is 2.15. The van der Waals surface area contributed by atoms with Gasteiger partial charge in [-0.3, -0.25) is 0 Å². The summed E-state index contributed by atoms with van der Waals surface area (Å²) in [6, 6.07) is 0.559. The molecular weight excluding hydrogens is 142 g/mol. The minimum absolute atomic E-state index is 0.481. The monoisotopic (exact) mass is 161 g/mol. The van der Waals surface area contributed by atoms with Crippen LogP contribution in [0.25, 0.3) is 0 Å². The van der Waals surface area contributed by atoms with Gasteiger partial charge in [-0.2, -0.15) is 12.6 Å². The highest BCUT2D eigenvalue weighted by atomic mass is 32.1. The summed E-state index contributed by atoms with van der Waals surface area (Å²) in [6.45, 7) is 6.62. The van der Waals surface area contributed by atoms with Gasteiger partial charge in [-0.15, -0.1) is 0 Å². The third-order valence-corrected chi connectivity index (χ3v) is 3.02. The summed E-state index contributed by atoms with van der Waals surface area (Å²) in [4.78, 5) is 2.21. The van der Waals surface area contributed by atoms with Crippen molar-refractivity contribution in [2.24, 2.45) is 5.92 Å². The van der Waals surface area contributed by atoms with Crippen molar-refractivity contribution in [1.82, 2.24) is 4.90 Å². The highest BCUT2D eigenvalue weighted by molar-refractivity contribution is 7.81. The fourth-order valence-electron chi connectivity index (χ4n) is 0.862. The normalized spacial score (nSPS) is 18.0. The van der Waals surface area contributed by atoms with E-state index in [1.807, 2.05) is 0 Å². The van der Waals surface area contributed by atoms with Crippen LogP contribution < -0.4 is 0 Å². The Hall–Kier alpha value is 0.310. The van der Waals surface area contributed by atoms with E-state index in [9.17, 15) is 0 Å². The van der Waals surface area contributed by atoms with E-state index in [-0.39, 0.29) is 0 Å². The zero-order chi connectivity index (χ0) is 8.31. The molecule has 0 spiro atoms. The van der Waals surface area contributed by atoms with Crippen LogP contribution in [-0.2, 0) is 0 Å². The van der Waals surface area contributed by atoms with Crippen LogP contribution in [0.5, 0.6) is 0 Å². The maximum atomic E-state index is 4.52. The lowest BCUT2D eigenvalue weighted by Gasteiger charge is -2.28. The van der Waals surface area contributed by atoms with E-state index in [4.69, 9.17) is 0 Å². The molecule has 0 heterocycles. The van der Waals surface area contributed by atoms with Crippen LogP contribution in [0.4, 0.5) is 0 Å². The second-order valence-corrected chi connectivity index (χ2v) is 4.04.